The van der Waals surface area contributed by atoms with Crippen molar-refractivity contribution in [3.63, 3.8) is 0 Å². The van der Waals surface area contributed by atoms with Gasteiger partial charge in [0.1, 0.15) is 0 Å². The Kier molecular flexibility index (Phi) is 17.6. The average molecular weight is 1300 g/mol. The molecule has 12 rings (SSSR count). The summed E-state index contributed by atoms with van der Waals surface area (Å²) in [5.41, 5.74) is 8.63. The maximum absolute atomic E-state index is 10.9. The van der Waals surface area contributed by atoms with Gasteiger partial charge in [0, 0.05) is 93.0 Å². The molecule has 4 N–H and O–H groups in total. The fraction of sp³-hybridized carbons (Fsp3) is 0.684. The molecule has 0 amide bonds. The summed E-state index contributed by atoms with van der Waals surface area (Å²) < 4.78 is 183. The van der Waals surface area contributed by atoms with E-state index in [2.05, 4.69) is 54.5 Å². The smallest absolute Gasteiger partial charge is 0.161 e. The van der Waals surface area contributed by atoms with Crippen molar-refractivity contribution in [3.8, 4) is 46.0 Å². The predicted octanol–water partition coefficient (Wildman–Crippen LogP) is 12.1. The molecule has 0 aliphatic carbocycles. The first kappa shape index (κ1) is 50.4. The molecule has 4 aromatic rings. The maximum atomic E-state index is 10.9. The van der Waals surface area contributed by atoms with Crippen molar-refractivity contribution < 1.29 is 83.0 Å². The van der Waals surface area contributed by atoms with Crippen LogP contribution in [0.1, 0.15) is 200 Å². The molecule has 0 bridgehead atoms. The minimum atomic E-state index is -2.86. The molecule has 16 heteroatoms. The van der Waals surface area contributed by atoms with E-state index in [1.165, 1.54) is 25.3 Å². The van der Waals surface area contributed by atoms with Crippen LogP contribution in [-0.4, -0.2) is 174 Å². The molecular formula is C76H116N4O12. The van der Waals surface area contributed by atoms with Gasteiger partial charge in [0.25, 0.3) is 0 Å². The fourth-order valence-electron chi connectivity index (χ4n) is 15.9. The Balaban J connectivity index is 0.000000170. The zero-order valence-electron chi connectivity index (χ0n) is 74.3. The Morgan fingerprint density at radius 2 is 0.630 bits per heavy atom. The predicted molar refractivity (Wildman–Crippen MR) is 365 cm³/mol. The number of rotatable bonds is 16. The molecule has 14 atom stereocenters. The van der Waals surface area contributed by atoms with Crippen molar-refractivity contribution in [1.82, 2.24) is 19.6 Å². The summed E-state index contributed by atoms with van der Waals surface area (Å²) in [6.07, 6.45) is -0.407. The zero-order chi connectivity index (χ0) is 81.7. The number of benzene rings is 4. The number of aliphatic hydroxyl groups is 4. The van der Waals surface area contributed by atoms with Gasteiger partial charge in [0.15, 0.2) is 46.0 Å². The number of methoxy groups -OCH3 is 8. The third-order valence-corrected chi connectivity index (χ3v) is 20.3. The molecule has 92 heavy (non-hydrogen) atoms. The van der Waals surface area contributed by atoms with E-state index in [0.717, 1.165) is 123 Å². The van der Waals surface area contributed by atoms with Gasteiger partial charge < -0.3 is 58.3 Å². The second-order valence-electron chi connectivity index (χ2n) is 27.2. The van der Waals surface area contributed by atoms with Gasteiger partial charge in [-0.25, -0.2) is 0 Å². The van der Waals surface area contributed by atoms with Crippen molar-refractivity contribution in [2.45, 2.75) is 181 Å². The Labute approximate surface area is 577 Å². The zero-order valence-corrected chi connectivity index (χ0v) is 56.3. The van der Waals surface area contributed by atoms with Gasteiger partial charge in [-0.2, -0.15) is 0 Å². The summed E-state index contributed by atoms with van der Waals surface area (Å²) in [5, 5.41) is 43.0. The van der Waals surface area contributed by atoms with E-state index in [1.807, 2.05) is 23.1 Å². The highest BCUT2D eigenvalue weighted by molar-refractivity contribution is 5.53. The second kappa shape index (κ2) is 32.1. The van der Waals surface area contributed by atoms with Crippen LogP contribution in [0.3, 0.4) is 0 Å². The van der Waals surface area contributed by atoms with Crippen LogP contribution >= 0.6 is 0 Å². The molecule has 4 fully saturated rings. The first-order valence-corrected chi connectivity index (χ1v) is 33.0. The lowest BCUT2D eigenvalue weighted by atomic mass is 9.79. The molecule has 4 aromatic carbocycles. The van der Waals surface area contributed by atoms with E-state index >= 15 is 0 Å². The number of hydrogen-bond donors (Lipinski definition) is 4. The van der Waals surface area contributed by atoms with Crippen molar-refractivity contribution in [3.05, 3.63) is 93.0 Å². The van der Waals surface area contributed by atoms with E-state index in [0.29, 0.717) is 78.6 Å². The molecule has 0 saturated carbocycles. The SMILES string of the molecule is COc1cc2c(cc1OC)C1CC(O)C(CC(C)C)CN1CC2.[2H]C([2H])([2H])C([2H])(C)C([2H])([2H])C1CN2CCc3cc(OC)c(OC)cc3C2CC1O.[2H]C([2H])([2H])Oc1cc2c(cc1OC)CCN1CC(C([2H])([2H])C([2H])(C)C([2H])([2H])[2H])C(O)CC21.[2H]C([2H])([2H])Oc1cc2c(cc1OC)CCN1CC(CC(C)C)C(O)CC21. The Hall–Kier alpha value is -5.04. The van der Waals surface area contributed by atoms with Crippen molar-refractivity contribution in [2.75, 3.05) is 109 Å². The van der Waals surface area contributed by atoms with Crippen LogP contribution in [0.5, 0.6) is 46.0 Å². The summed E-state index contributed by atoms with van der Waals surface area (Å²) >= 11 is 0. The Bertz CT molecular complexity index is 3790. The molecule has 0 aromatic heterocycles. The summed E-state index contributed by atoms with van der Waals surface area (Å²) in [7, 11) is 4.25. The third-order valence-electron chi connectivity index (χ3n) is 20.3. The molecular weight excluding hydrogens is 1160 g/mol. The molecule has 0 spiro atoms. The van der Waals surface area contributed by atoms with Gasteiger partial charge >= 0.3 is 0 Å². The van der Waals surface area contributed by atoms with E-state index < -0.39 is 76.4 Å². The Morgan fingerprint density at radius 1 is 0.391 bits per heavy atom. The van der Waals surface area contributed by atoms with Crippen molar-refractivity contribution in [1.29, 1.82) is 0 Å². The third kappa shape index (κ3) is 16.4. The van der Waals surface area contributed by atoms with Gasteiger partial charge in [-0.15, -0.1) is 0 Å². The molecule has 8 heterocycles. The van der Waals surface area contributed by atoms with Gasteiger partial charge in [0.05, 0.1) is 89.4 Å². The molecule has 0 radical (unpaired) electrons. The Morgan fingerprint density at radius 3 is 0.870 bits per heavy atom. The average Bonchev–Trinajstić information content (AvgIpc) is 0.751. The summed E-state index contributed by atoms with van der Waals surface area (Å²) in [6, 6.07) is 15.0. The quantitative estimate of drug-likeness (QED) is 0.0836. The number of nitrogens with zero attached hydrogens (tertiary/aromatic N) is 4. The number of piperidine rings is 4. The number of aliphatic hydroxyl groups excluding tert-OH is 4. The largest absolute Gasteiger partial charge is 0.493 e. The summed E-state index contributed by atoms with van der Waals surface area (Å²) in [5.74, 6) is -1.02. The van der Waals surface area contributed by atoms with Crippen LogP contribution in [0, 0.1) is 47.3 Å². The van der Waals surface area contributed by atoms with Crippen molar-refractivity contribution in [2.24, 2.45) is 47.3 Å². The lowest BCUT2D eigenvalue weighted by Crippen LogP contribution is -2.48. The summed E-state index contributed by atoms with van der Waals surface area (Å²) in [4.78, 5) is 9.01. The molecule has 4 saturated heterocycles. The standard InChI is InChI=1S/4C19H29NO3/c4*1-12(2)7-14-11-20-6-5-13-8-18(22-3)19(23-4)9-15(13)16(20)10-17(14)21/h4*8-9,12,14,16-17,21H,5-7,10-11H2,1-4H3/i1D3,4D3,7D2,12D;1D3,7D2,12D;4D3;. The number of ether oxygens (including phenoxy) is 8. The number of fused-ring (bicyclic) bond motifs is 12. The van der Waals surface area contributed by atoms with E-state index in [9.17, 15) is 20.4 Å². The second-order valence-corrected chi connectivity index (χ2v) is 27.2. The lowest BCUT2D eigenvalue weighted by molar-refractivity contribution is -0.0192. The van der Waals surface area contributed by atoms with Gasteiger partial charge in [-0.1, -0.05) is 55.2 Å². The van der Waals surface area contributed by atoms with Crippen LogP contribution in [0.25, 0.3) is 0 Å². The normalized spacial score (nSPS) is 32.5. The topological polar surface area (TPSA) is 168 Å². The molecule has 16 nitrogen and oxygen atoms in total. The van der Waals surface area contributed by atoms with E-state index in [-0.39, 0.29) is 67.8 Å². The van der Waals surface area contributed by atoms with Gasteiger partial charge in [-0.3, -0.25) is 19.6 Å². The van der Waals surface area contributed by atoms with Crippen LogP contribution in [-0.2, 0) is 25.7 Å². The first-order chi connectivity index (χ1) is 51.0. The fourth-order valence-corrected chi connectivity index (χ4v) is 15.9. The minimum Gasteiger partial charge on any atom is -0.493 e. The maximum Gasteiger partial charge on any atom is 0.161 e. The van der Waals surface area contributed by atoms with Gasteiger partial charge in [-0.05, 0) is 217 Å². The molecule has 8 aliphatic rings. The van der Waals surface area contributed by atoms with Crippen LogP contribution < -0.4 is 37.9 Å². The highest BCUT2D eigenvalue weighted by atomic mass is 16.5. The molecule has 8 aliphatic heterocycles. The van der Waals surface area contributed by atoms with Crippen LogP contribution in [0.4, 0.5) is 0 Å². The minimum absolute atomic E-state index is 0.0566. The molecule has 512 valence electrons. The van der Waals surface area contributed by atoms with Crippen LogP contribution in [0.2, 0.25) is 0 Å². The van der Waals surface area contributed by atoms with Crippen molar-refractivity contribution >= 4 is 0 Å². The monoisotopic (exact) mass is 1290 g/mol. The lowest BCUT2D eigenvalue weighted by Gasteiger charge is -2.46. The van der Waals surface area contributed by atoms with E-state index in [1.54, 1.807) is 46.6 Å². The van der Waals surface area contributed by atoms with Gasteiger partial charge in [0.2, 0.25) is 0 Å². The van der Waals surface area contributed by atoms with Crippen LogP contribution in [0.15, 0.2) is 48.5 Å². The molecule has 14 unspecified atom stereocenters. The first-order valence-electron chi connectivity index (χ1n) is 42.0. The highest BCUT2D eigenvalue weighted by Crippen LogP contribution is 2.49. The summed E-state index contributed by atoms with van der Waals surface area (Å²) in [6.45, 7) is 10.7. The van der Waals surface area contributed by atoms with E-state index in [4.69, 9.17) is 62.6 Å². The highest BCUT2D eigenvalue weighted by Gasteiger charge is 2.43. The number of hydrogen-bond acceptors (Lipinski definition) is 16.